The van der Waals surface area contributed by atoms with Crippen molar-refractivity contribution in [3.05, 3.63) is 63.4 Å². The van der Waals surface area contributed by atoms with Gasteiger partial charge in [-0.3, -0.25) is 19.3 Å². The molecule has 5 fully saturated rings. The lowest BCUT2D eigenvalue weighted by molar-refractivity contribution is -0.151. The highest BCUT2D eigenvalue weighted by molar-refractivity contribution is 6.31. The second kappa shape index (κ2) is 11.0. The summed E-state index contributed by atoms with van der Waals surface area (Å²) in [6.45, 7) is 2.51. The molecule has 1 saturated heterocycles. The number of carbonyl (C=O) groups is 3. The van der Waals surface area contributed by atoms with E-state index in [2.05, 4.69) is 15.5 Å². The van der Waals surface area contributed by atoms with E-state index in [1.165, 1.54) is 6.07 Å². The highest BCUT2D eigenvalue weighted by atomic mass is 35.5. The summed E-state index contributed by atoms with van der Waals surface area (Å²) in [7, 11) is 0. The van der Waals surface area contributed by atoms with Gasteiger partial charge in [-0.2, -0.15) is 0 Å². The molecule has 0 aromatic heterocycles. The normalized spacial score (nSPS) is 33.6. The van der Waals surface area contributed by atoms with E-state index < -0.39 is 45.7 Å². The molecule has 240 valence electrons. The van der Waals surface area contributed by atoms with Crippen LogP contribution in [-0.2, 0) is 19.8 Å². The number of halogens is 3. The van der Waals surface area contributed by atoms with Gasteiger partial charge in [0.2, 0.25) is 11.8 Å². The second-order valence-electron chi connectivity index (χ2n) is 14.1. The van der Waals surface area contributed by atoms with Crippen LogP contribution in [0.2, 0.25) is 10.0 Å². The van der Waals surface area contributed by atoms with E-state index in [1.807, 2.05) is 13.0 Å². The average molecular weight is 657 g/mol. The van der Waals surface area contributed by atoms with E-state index in [1.54, 1.807) is 24.3 Å². The van der Waals surface area contributed by atoms with Gasteiger partial charge in [-0.05, 0) is 93.7 Å². The van der Waals surface area contributed by atoms with Gasteiger partial charge in [0.25, 0.3) is 0 Å². The number of aliphatic carboxylic acids is 1. The lowest BCUT2D eigenvalue weighted by atomic mass is 9.55. The van der Waals surface area contributed by atoms with Crippen LogP contribution in [-0.4, -0.2) is 51.5 Å². The maximum Gasteiger partial charge on any atom is 0.309 e. The van der Waals surface area contributed by atoms with Crippen molar-refractivity contribution in [2.24, 2.45) is 5.41 Å². The molecular weight excluding hydrogens is 616 g/mol. The third-order valence-electron chi connectivity index (χ3n) is 12.3. The minimum Gasteiger partial charge on any atom is -0.481 e. The van der Waals surface area contributed by atoms with Crippen molar-refractivity contribution >= 4 is 46.7 Å². The molecule has 3 N–H and O–H groups in total. The Morgan fingerprint density at radius 2 is 1.73 bits per heavy atom. The smallest absolute Gasteiger partial charge is 0.309 e. The van der Waals surface area contributed by atoms with Gasteiger partial charge in [0.1, 0.15) is 11.2 Å². The topological polar surface area (TPSA) is 98.7 Å². The molecule has 2 heterocycles. The van der Waals surface area contributed by atoms with E-state index in [0.717, 1.165) is 24.8 Å². The Labute approximate surface area is 273 Å². The lowest BCUT2D eigenvalue weighted by Gasteiger charge is -2.50. The first-order valence-electron chi connectivity index (χ1n) is 16.4. The van der Waals surface area contributed by atoms with Gasteiger partial charge in [0.05, 0.1) is 16.5 Å². The van der Waals surface area contributed by atoms with E-state index in [0.29, 0.717) is 75.0 Å². The summed E-state index contributed by atoms with van der Waals surface area (Å²) in [6.07, 6.45) is 8.37. The first-order valence-corrected chi connectivity index (χ1v) is 17.2. The van der Waals surface area contributed by atoms with Crippen LogP contribution in [0.15, 0.2) is 36.4 Å². The zero-order valence-corrected chi connectivity index (χ0v) is 27.1. The van der Waals surface area contributed by atoms with E-state index in [-0.39, 0.29) is 22.4 Å². The largest absolute Gasteiger partial charge is 0.481 e. The summed E-state index contributed by atoms with van der Waals surface area (Å²) in [5.74, 6) is -2.71. The predicted octanol–water partition coefficient (Wildman–Crippen LogP) is 7.20. The number of rotatable bonds is 5. The Hall–Kier alpha value is -2.68. The van der Waals surface area contributed by atoms with Crippen LogP contribution in [0, 0.1) is 11.2 Å². The Balaban J connectivity index is 1.42. The summed E-state index contributed by atoms with van der Waals surface area (Å²) in [5, 5.41) is 17.0. The molecule has 2 aromatic carbocycles. The standard InChI is InChI=1S/C35H40Cl2FN3O4/c1-2-41-28(29(42)40-33-13-7-12-32(16-18-33,17-19-33)31(44)45)26(22-8-6-9-24(37)27(22)38)35(34(41)14-4-3-5-15-34)23-11-10-21(36)20-25(23)39-30(35)43/h6,8-11,20,26,28H,2-5,7,12-19H2,1H3,(H,39,43)(H,40,42)(H,44,45)/t26-,28+,32?,33?,35+/m0/s1. The molecule has 2 aliphatic heterocycles. The van der Waals surface area contributed by atoms with Crippen molar-refractivity contribution < 1.29 is 23.9 Å². The number of fused-ring (bicyclic) bond motifs is 7. The average Bonchev–Trinajstić information content (AvgIpc) is 3.24. The van der Waals surface area contributed by atoms with Gasteiger partial charge in [-0.15, -0.1) is 0 Å². The quantitative estimate of drug-likeness (QED) is 0.316. The Morgan fingerprint density at radius 1 is 1.00 bits per heavy atom. The molecule has 7 nitrogen and oxygen atoms in total. The van der Waals surface area contributed by atoms with E-state index in [4.69, 9.17) is 23.2 Å². The van der Waals surface area contributed by atoms with Gasteiger partial charge in [0, 0.05) is 27.7 Å². The number of nitrogens with one attached hydrogen (secondary N) is 2. The number of amides is 2. The molecule has 2 amide bonds. The van der Waals surface area contributed by atoms with Crippen LogP contribution in [0.5, 0.6) is 0 Å². The van der Waals surface area contributed by atoms with Crippen molar-refractivity contribution in [2.75, 3.05) is 11.9 Å². The molecule has 2 aromatic rings. The van der Waals surface area contributed by atoms with Gasteiger partial charge < -0.3 is 15.7 Å². The van der Waals surface area contributed by atoms with Crippen molar-refractivity contribution in [2.45, 2.75) is 112 Å². The van der Waals surface area contributed by atoms with Crippen LogP contribution in [0.1, 0.15) is 101 Å². The first kappa shape index (κ1) is 30.9. The fourth-order valence-corrected chi connectivity index (χ4v) is 10.7. The predicted molar refractivity (Wildman–Crippen MR) is 171 cm³/mol. The highest BCUT2D eigenvalue weighted by Crippen LogP contribution is 2.66. The van der Waals surface area contributed by atoms with Gasteiger partial charge in [0.15, 0.2) is 0 Å². The van der Waals surface area contributed by atoms with Crippen LogP contribution in [0.3, 0.4) is 0 Å². The first-order chi connectivity index (χ1) is 21.5. The molecule has 0 radical (unpaired) electrons. The van der Waals surface area contributed by atoms with Crippen LogP contribution in [0.25, 0.3) is 0 Å². The van der Waals surface area contributed by atoms with Gasteiger partial charge in [-0.25, -0.2) is 4.39 Å². The number of hydrogen-bond acceptors (Lipinski definition) is 4. The van der Waals surface area contributed by atoms with Crippen LogP contribution >= 0.6 is 23.2 Å². The van der Waals surface area contributed by atoms with Crippen molar-refractivity contribution in [3.63, 3.8) is 0 Å². The van der Waals surface area contributed by atoms with Crippen LogP contribution in [0.4, 0.5) is 10.1 Å². The van der Waals surface area contributed by atoms with Gasteiger partial charge in [-0.1, -0.05) is 67.6 Å². The number of nitrogens with zero attached hydrogens (tertiary/aromatic N) is 1. The summed E-state index contributed by atoms with van der Waals surface area (Å²) in [4.78, 5) is 44.3. The SMILES string of the molecule is CCN1[C@@H](C(=O)NC23CCCC(C(=O)O)(CC2)CC3)[C@H](c2cccc(Cl)c2F)[C@]2(C(=O)Nc3cc(Cl)ccc32)C12CCCCC2. The molecule has 3 atom stereocenters. The zero-order valence-electron chi connectivity index (χ0n) is 25.6. The Bertz CT molecular complexity index is 1570. The Morgan fingerprint density at radius 3 is 2.42 bits per heavy atom. The zero-order chi connectivity index (χ0) is 31.8. The summed E-state index contributed by atoms with van der Waals surface area (Å²) < 4.78 is 16.4. The van der Waals surface area contributed by atoms with Crippen molar-refractivity contribution in [3.8, 4) is 0 Å². The number of benzene rings is 2. The molecule has 6 aliphatic rings. The molecule has 2 bridgehead atoms. The number of carboxylic acid groups (broad SMARTS) is 1. The molecule has 8 rings (SSSR count). The monoisotopic (exact) mass is 655 g/mol. The minimum atomic E-state index is -1.27. The molecule has 2 spiro atoms. The maximum absolute atomic E-state index is 16.4. The highest BCUT2D eigenvalue weighted by Gasteiger charge is 2.75. The summed E-state index contributed by atoms with van der Waals surface area (Å²) in [5.41, 5.74) is -1.70. The number of carboxylic acids is 1. The third-order valence-corrected chi connectivity index (χ3v) is 12.9. The van der Waals surface area contributed by atoms with Crippen molar-refractivity contribution in [1.29, 1.82) is 0 Å². The summed E-state index contributed by atoms with van der Waals surface area (Å²) in [6, 6.07) is 9.40. The number of likely N-dealkylation sites (tertiary alicyclic amines) is 1. The lowest BCUT2D eigenvalue weighted by Crippen LogP contribution is -2.62. The molecular formula is C35H40Cl2FN3O4. The number of likely N-dealkylation sites (N-methyl/N-ethyl adjacent to an activating group) is 1. The second-order valence-corrected chi connectivity index (χ2v) is 14.9. The third kappa shape index (κ3) is 4.27. The fourth-order valence-electron chi connectivity index (χ4n) is 10.4. The van der Waals surface area contributed by atoms with E-state index >= 15 is 9.18 Å². The van der Waals surface area contributed by atoms with Crippen molar-refractivity contribution in [1.82, 2.24) is 10.2 Å². The van der Waals surface area contributed by atoms with Crippen LogP contribution < -0.4 is 10.6 Å². The maximum atomic E-state index is 16.4. The minimum absolute atomic E-state index is 0.0520. The summed E-state index contributed by atoms with van der Waals surface area (Å²) >= 11 is 12.9. The molecule has 0 unspecified atom stereocenters. The molecule has 4 saturated carbocycles. The molecule has 4 aliphatic carbocycles. The van der Waals surface area contributed by atoms with E-state index in [9.17, 15) is 14.7 Å². The fraction of sp³-hybridized carbons (Fsp3) is 0.571. The molecule has 45 heavy (non-hydrogen) atoms. The molecule has 10 heteroatoms. The number of hydrogen-bond donors (Lipinski definition) is 3. The number of carbonyl (C=O) groups excluding carboxylic acids is 2. The van der Waals surface area contributed by atoms with Gasteiger partial charge >= 0.3 is 5.97 Å². The Kier molecular flexibility index (Phi) is 7.53. The number of anilines is 1.